The zero-order valence-electron chi connectivity index (χ0n) is 13.6. The third kappa shape index (κ3) is 4.37. The molecule has 102 valence electrons. The first kappa shape index (κ1) is 18.2. The van der Waals surface area contributed by atoms with Crippen LogP contribution in [0.15, 0.2) is 9.06 Å². The first-order valence-electron chi connectivity index (χ1n) is 7.74. The molecule has 0 aromatic rings. The van der Waals surface area contributed by atoms with Crippen molar-refractivity contribution in [3.05, 3.63) is 9.06 Å². The molecule has 0 N–H and O–H groups in total. The molecule has 0 atom stereocenters. The van der Waals surface area contributed by atoms with E-state index in [0.717, 1.165) is 6.42 Å². The van der Waals surface area contributed by atoms with Gasteiger partial charge in [-0.2, -0.15) is 0 Å². The normalized spacial score (nSPS) is 12.6. The van der Waals surface area contributed by atoms with Crippen LogP contribution in [0.3, 0.4) is 0 Å². The minimum absolute atomic E-state index is 0.567. The van der Waals surface area contributed by atoms with Crippen LogP contribution < -0.4 is 0 Å². The molecule has 2 heteroatoms. The predicted molar refractivity (Wildman–Crippen MR) is 89.9 cm³/mol. The van der Waals surface area contributed by atoms with Crippen LogP contribution >= 0.6 is 0 Å². The van der Waals surface area contributed by atoms with E-state index in [4.69, 9.17) is 0 Å². The summed E-state index contributed by atoms with van der Waals surface area (Å²) in [5.74, 6) is 7.08. The molecule has 0 rings (SSSR count). The summed E-state index contributed by atoms with van der Waals surface area (Å²) in [5, 5.41) is 0. The van der Waals surface area contributed by atoms with Gasteiger partial charge >= 0.3 is 123 Å². The SMILES string of the molecule is CCC#C[B-](CC)(CC)/C(CC)=[C](/CC)[Sn+]([CH3])[CH3]. The molecule has 0 aliphatic rings. The van der Waals surface area contributed by atoms with Gasteiger partial charge in [0.2, 0.25) is 0 Å². The van der Waals surface area contributed by atoms with E-state index in [1.54, 1.807) is 5.47 Å². The Morgan fingerprint density at radius 2 is 1.50 bits per heavy atom. The summed E-state index contributed by atoms with van der Waals surface area (Å²) in [6.07, 6.45) is 5.37. The Bertz CT molecular complexity index is 327. The van der Waals surface area contributed by atoms with E-state index >= 15 is 0 Å². The predicted octanol–water partition coefficient (Wildman–Crippen LogP) is 5.38. The van der Waals surface area contributed by atoms with E-state index < -0.39 is 25.9 Å². The summed E-state index contributed by atoms with van der Waals surface area (Å²) in [5.41, 5.74) is 1.77. The van der Waals surface area contributed by atoms with Gasteiger partial charge in [0.05, 0.1) is 0 Å². The molecular formula is C16H31BSn. The molecule has 18 heavy (non-hydrogen) atoms. The molecule has 0 radical (unpaired) electrons. The maximum absolute atomic E-state index is 3.69. The fraction of sp³-hybridized carbons (Fsp3) is 0.750. The summed E-state index contributed by atoms with van der Waals surface area (Å²) in [6, 6.07) is 0. The van der Waals surface area contributed by atoms with E-state index in [1.807, 2.05) is 3.59 Å². The number of allylic oxidation sites excluding steroid dienone is 2. The van der Waals surface area contributed by atoms with Gasteiger partial charge in [0.25, 0.3) is 0 Å². The van der Waals surface area contributed by atoms with Gasteiger partial charge in [-0.3, -0.25) is 0 Å². The van der Waals surface area contributed by atoms with E-state index in [9.17, 15) is 0 Å². The summed E-state index contributed by atoms with van der Waals surface area (Å²) < 4.78 is 1.86. The summed E-state index contributed by atoms with van der Waals surface area (Å²) in [6.45, 7) is 11.5. The third-order valence-corrected chi connectivity index (χ3v) is 9.71. The van der Waals surface area contributed by atoms with Gasteiger partial charge in [0, 0.05) is 0 Å². The molecule has 0 saturated carbocycles. The van der Waals surface area contributed by atoms with Gasteiger partial charge in [-0.25, -0.2) is 0 Å². The van der Waals surface area contributed by atoms with Gasteiger partial charge < -0.3 is 0 Å². The molecule has 0 amide bonds. The van der Waals surface area contributed by atoms with Crippen molar-refractivity contribution in [2.45, 2.75) is 76.4 Å². The van der Waals surface area contributed by atoms with Crippen LogP contribution in [-0.2, 0) is 0 Å². The van der Waals surface area contributed by atoms with Crippen LogP contribution in [0.2, 0.25) is 22.5 Å². The van der Waals surface area contributed by atoms with Crippen LogP contribution in [-0.4, -0.2) is 25.9 Å². The monoisotopic (exact) mass is 354 g/mol. The Hall–Kier alpha value is 0.164. The Morgan fingerprint density at radius 3 is 1.78 bits per heavy atom. The maximum atomic E-state index is 3.69. The zero-order valence-corrected chi connectivity index (χ0v) is 16.5. The van der Waals surface area contributed by atoms with Crippen molar-refractivity contribution in [2.24, 2.45) is 0 Å². The third-order valence-electron chi connectivity index (χ3n) is 4.34. The first-order chi connectivity index (χ1) is 8.52. The topological polar surface area (TPSA) is 0 Å². The second-order valence-corrected chi connectivity index (χ2v) is 12.9. The van der Waals surface area contributed by atoms with Crippen molar-refractivity contribution >= 4 is 25.9 Å². The Morgan fingerprint density at radius 1 is 0.944 bits per heavy atom. The summed E-state index contributed by atoms with van der Waals surface area (Å²) >= 11 is -1.26. The molecule has 0 saturated heterocycles. The molecule has 0 unspecified atom stereocenters. The Kier molecular flexibility index (Phi) is 9.21. The summed E-state index contributed by atoms with van der Waals surface area (Å²) in [7, 11) is 0. The van der Waals surface area contributed by atoms with Gasteiger partial charge in [-0.15, -0.1) is 0 Å². The second kappa shape index (κ2) is 9.13. The van der Waals surface area contributed by atoms with Crippen molar-refractivity contribution in [3.63, 3.8) is 0 Å². The minimum atomic E-state index is -1.26. The van der Waals surface area contributed by atoms with Crippen molar-refractivity contribution < 1.29 is 0 Å². The molecule has 0 spiro atoms. The average molecular weight is 353 g/mol. The van der Waals surface area contributed by atoms with Crippen molar-refractivity contribution in [2.75, 3.05) is 0 Å². The first-order valence-corrected chi connectivity index (χ1v) is 14.9. The van der Waals surface area contributed by atoms with Crippen LogP contribution in [0, 0.1) is 11.7 Å². The van der Waals surface area contributed by atoms with Crippen molar-refractivity contribution in [1.82, 2.24) is 0 Å². The molecule has 0 aromatic heterocycles. The molecule has 0 aliphatic heterocycles. The van der Waals surface area contributed by atoms with Crippen molar-refractivity contribution in [1.29, 1.82) is 0 Å². The Balaban J connectivity index is 5.82. The second-order valence-electron chi connectivity index (χ2n) is 5.45. The van der Waals surface area contributed by atoms with Gasteiger partial charge in [0.15, 0.2) is 0 Å². The zero-order chi connectivity index (χ0) is 14.2. The molecule has 0 bridgehead atoms. The van der Waals surface area contributed by atoms with Crippen LogP contribution in [0.4, 0.5) is 0 Å². The number of hydrogen-bond acceptors (Lipinski definition) is 0. The van der Waals surface area contributed by atoms with Crippen LogP contribution in [0.25, 0.3) is 0 Å². The molecule has 0 aromatic carbocycles. The van der Waals surface area contributed by atoms with Gasteiger partial charge in [-0.1, -0.05) is 0 Å². The molecular weight excluding hydrogens is 322 g/mol. The molecule has 0 heterocycles. The number of hydrogen-bond donors (Lipinski definition) is 0. The van der Waals surface area contributed by atoms with Crippen molar-refractivity contribution in [3.8, 4) is 11.7 Å². The summed E-state index contributed by atoms with van der Waals surface area (Å²) in [4.78, 5) is 5.05. The van der Waals surface area contributed by atoms with E-state index in [2.05, 4.69) is 56.2 Å². The fourth-order valence-electron chi connectivity index (χ4n) is 3.21. The van der Waals surface area contributed by atoms with E-state index in [0.29, 0.717) is 0 Å². The van der Waals surface area contributed by atoms with E-state index in [-0.39, 0.29) is 0 Å². The average Bonchev–Trinajstić information content (AvgIpc) is 2.38. The van der Waals surface area contributed by atoms with Crippen LogP contribution in [0.5, 0.6) is 0 Å². The standard InChI is InChI=1S/C14H25B.2CH3.Sn/c1-6-11-13-15(9-4,10-5)14(8-3)12-7-2;;;/h6-10H2,1-5H3;2*1H3;/q-1;;;+1. The number of rotatable bonds is 6. The molecule has 0 nitrogen and oxygen atoms in total. The molecule has 0 fully saturated rings. The Labute approximate surface area is 123 Å². The quantitative estimate of drug-likeness (QED) is 0.445. The van der Waals surface area contributed by atoms with Crippen LogP contribution in [0.1, 0.15) is 53.9 Å². The molecule has 0 aliphatic carbocycles. The van der Waals surface area contributed by atoms with Gasteiger partial charge in [-0.05, 0) is 0 Å². The fourth-order valence-corrected chi connectivity index (χ4v) is 8.35. The van der Waals surface area contributed by atoms with E-state index in [1.165, 1.54) is 25.5 Å². The van der Waals surface area contributed by atoms with Gasteiger partial charge in [0.1, 0.15) is 0 Å².